The van der Waals surface area contributed by atoms with Gasteiger partial charge < -0.3 is 16.0 Å². The van der Waals surface area contributed by atoms with E-state index in [1.807, 2.05) is 0 Å². The van der Waals surface area contributed by atoms with Gasteiger partial charge in [0.1, 0.15) is 17.4 Å². The molecule has 0 aliphatic heterocycles. The molecule has 10 heteroatoms. The van der Waals surface area contributed by atoms with E-state index in [0.717, 1.165) is 17.7 Å². The molecule has 4 rings (SSSR count). The van der Waals surface area contributed by atoms with Crippen molar-refractivity contribution in [3.8, 4) is 11.4 Å². The minimum atomic E-state index is -4.47. The van der Waals surface area contributed by atoms with Gasteiger partial charge in [0.15, 0.2) is 0 Å². The zero-order chi connectivity index (χ0) is 23.6. The zero-order valence-electron chi connectivity index (χ0n) is 17.1. The molecule has 0 spiro atoms. The van der Waals surface area contributed by atoms with Gasteiger partial charge >= 0.3 is 6.18 Å². The van der Waals surface area contributed by atoms with Crippen molar-refractivity contribution in [1.82, 2.24) is 20.3 Å². The first-order valence-corrected chi connectivity index (χ1v) is 9.88. The normalized spacial score (nSPS) is 12.5. The average molecular weight is 453 g/mol. The van der Waals surface area contributed by atoms with Gasteiger partial charge in [-0.05, 0) is 42.0 Å². The maximum atomic E-state index is 13.0. The molecule has 168 valence electrons. The number of aromatic amines is 1. The Labute approximate surface area is 185 Å². The second kappa shape index (κ2) is 8.73. The Morgan fingerprint density at radius 1 is 1.03 bits per heavy atom. The Morgan fingerprint density at radius 2 is 1.73 bits per heavy atom. The molecular formula is C23H18F3N5O2. The molecule has 1 atom stereocenters. The highest BCUT2D eigenvalue weighted by Crippen LogP contribution is 2.29. The maximum absolute atomic E-state index is 13.0. The average Bonchev–Trinajstić information content (AvgIpc) is 3.23. The summed E-state index contributed by atoms with van der Waals surface area (Å²) in [6.07, 6.45) is -1.28. The summed E-state index contributed by atoms with van der Waals surface area (Å²) in [4.78, 5) is 36.5. The lowest BCUT2D eigenvalue weighted by atomic mass is 10.0. The summed E-state index contributed by atoms with van der Waals surface area (Å²) in [5, 5.41) is 2.57. The number of nitrogens with two attached hydrogens (primary N) is 1. The van der Waals surface area contributed by atoms with Crippen LogP contribution >= 0.6 is 0 Å². The Balaban J connectivity index is 1.56. The number of para-hydroxylation sites is 1. The summed E-state index contributed by atoms with van der Waals surface area (Å²) in [7, 11) is 0. The van der Waals surface area contributed by atoms with E-state index in [-0.39, 0.29) is 12.0 Å². The number of alkyl halides is 3. The van der Waals surface area contributed by atoms with Gasteiger partial charge in [0.05, 0.1) is 16.6 Å². The molecule has 2 heterocycles. The molecule has 4 aromatic rings. The number of imidazole rings is 1. The number of nitrogens with one attached hydrogen (secondary N) is 2. The Kier molecular flexibility index (Phi) is 5.82. The van der Waals surface area contributed by atoms with Gasteiger partial charge in [0.25, 0.3) is 5.91 Å². The number of fused-ring (bicyclic) bond motifs is 1. The molecule has 2 amide bonds. The molecule has 0 radical (unpaired) electrons. The minimum Gasteiger partial charge on any atom is -0.368 e. The highest BCUT2D eigenvalue weighted by atomic mass is 19.4. The minimum absolute atomic E-state index is 0.0575. The van der Waals surface area contributed by atoms with Crippen molar-refractivity contribution in [1.29, 1.82) is 0 Å². The first-order valence-electron chi connectivity index (χ1n) is 9.88. The lowest BCUT2D eigenvalue weighted by Gasteiger charge is -2.16. The molecule has 1 unspecified atom stereocenters. The van der Waals surface area contributed by atoms with Crippen LogP contribution in [0.2, 0.25) is 0 Å². The molecular weight excluding hydrogens is 435 g/mol. The van der Waals surface area contributed by atoms with Gasteiger partial charge in [-0.3, -0.25) is 14.6 Å². The number of nitrogens with zero attached hydrogens (tertiary/aromatic N) is 2. The van der Waals surface area contributed by atoms with E-state index in [0.29, 0.717) is 22.4 Å². The van der Waals surface area contributed by atoms with Crippen molar-refractivity contribution in [3.63, 3.8) is 0 Å². The summed E-state index contributed by atoms with van der Waals surface area (Å²) in [6.45, 7) is 0. The SMILES string of the molecule is NC(=O)C(Cc1ccc(C(F)(F)F)cc1)NC(=O)c1cccc2[nH]c(-c3ccncc3)nc12. The molecule has 0 saturated carbocycles. The van der Waals surface area contributed by atoms with E-state index >= 15 is 0 Å². The van der Waals surface area contributed by atoms with Crippen LogP contribution in [0.15, 0.2) is 67.0 Å². The topological polar surface area (TPSA) is 114 Å². The first kappa shape index (κ1) is 22.0. The number of hydrogen-bond donors (Lipinski definition) is 3. The van der Waals surface area contributed by atoms with Crippen LogP contribution in [0.1, 0.15) is 21.5 Å². The predicted octanol–water partition coefficient (Wildman–Crippen LogP) is 3.47. The summed E-state index contributed by atoms with van der Waals surface area (Å²) in [6, 6.07) is 11.7. The van der Waals surface area contributed by atoms with E-state index in [4.69, 9.17) is 5.73 Å². The van der Waals surface area contributed by atoms with Gasteiger partial charge in [-0.15, -0.1) is 0 Å². The van der Waals surface area contributed by atoms with Gasteiger partial charge in [-0.25, -0.2) is 4.98 Å². The highest BCUT2D eigenvalue weighted by Gasteiger charge is 2.30. The fourth-order valence-electron chi connectivity index (χ4n) is 3.39. The molecule has 0 bridgehead atoms. The molecule has 0 aliphatic carbocycles. The van der Waals surface area contributed by atoms with Crippen LogP contribution in [-0.4, -0.2) is 32.8 Å². The van der Waals surface area contributed by atoms with Crippen LogP contribution in [0.3, 0.4) is 0 Å². The number of halogens is 3. The number of hydrogen-bond acceptors (Lipinski definition) is 4. The van der Waals surface area contributed by atoms with Crippen LogP contribution in [0, 0.1) is 0 Å². The van der Waals surface area contributed by atoms with E-state index in [1.165, 1.54) is 12.1 Å². The van der Waals surface area contributed by atoms with E-state index in [1.54, 1.807) is 42.7 Å². The second-order valence-corrected chi connectivity index (χ2v) is 7.35. The number of pyridine rings is 1. The van der Waals surface area contributed by atoms with Crippen molar-refractivity contribution >= 4 is 22.8 Å². The van der Waals surface area contributed by atoms with E-state index < -0.39 is 29.6 Å². The summed E-state index contributed by atoms with van der Waals surface area (Å²) < 4.78 is 38.3. The van der Waals surface area contributed by atoms with Gasteiger partial charge in [-0.2, -0.15) is 13.2 Å². The van der Waals surface area contributed by atoms with Crippen molar-refractivity contribution in [2.24, 2.45) is 5.73 Å². The number of primary amides is 1. The molecule has 33 heavy (non-hydrogen) atoms. The van der Waals surface area contributed by atoms with Crippen molar-refractivity contribution in [2.45, 2.75) is 18.6 Å². The molecule has 0 saturated heterocycles. The predicted molar refractivity (Wildman–Crippen MR) is 115 cm³/mol. The van der Waals surface area contributed by atoms with Crippen LogP contribution in [0.4, 0.5) is 13.2 Å². The lowest BCUT2D eigenvalue weighted by molar-refractivity contribution is -0.137. The maximum Gasteiger partial charge on any atom is 0.416 e. The number of aromatic nitrogens is 3. The molecule has 7 nitrogen and oxygen atoms in total. The largest absolute Gasteiger partial charge is 0.416 e. The van der Waals surface area contributed by atoms with Gasteiger partial charge in [0.2, 0.25) is 5.91 Å². The number of rotatable bonds is 6. The van der Waals surface area contributed by atoms with Crippen LogP contribution < -0.4 is 11.1 Å². The summed E-state index contributed by atoms with van der Waals surface area (Å²) in [5.74, 6) is -0.845. The number of carbonyl (C=O) groups excluding carboxylic acids is 2. The summed E-state index contributed by atoms with van der Waals surface area (Å²) >= 11 is 0. The zero-order valence-corrected chi connectivity index (χ0v) is 17.1. The molecule has 2 aromatic heterocycles. The Hall–Kier alpha value is -4.21. The van der Waals surface area contributed by atoms with E-state index in [2.05, 4.69) is 20.3 Å². The van der Waals surface area contributed by atoms with Crippen LogP contribution in [-0.2, 0) is 17.4 Å². The molecule has 4 N–H and O–H groups in total. The van der Waals surface area contributed by atoms with Crippen molar-refractivity contribution in [3.05, 3.63) is 83.7 Å². The smallest absolute Gasteiger partial charge is 0.368 e. The third kappa shape index (κ3) is 4.84. The molecule has 0 fully saturated rings. The number of H-pyrrole nitrogens is 1. The number of carbonyl (C=O) groups is 2. The van der Waals surface area contributed by atoms with Crippen molar-refractivity contribution < 1.29 is 22.8 Å². The van der Waals surface area contributed by atoms with Crippen LogP contribution in [0.5, 0.6) is 0 Å². The van der Waals surface area contributed by atoms with Gasteiger partial charge in [-0.1, -0.05) is 18.2 Å². The second-order valence-electron chi connectivity index (χ2n) is 7.35. The summed E-state index contributed by atoms with van der Waals surface area (Å²) in [5.41, 5.74) is 7.09. The third-order valence-electron chi connectivity index (χ3n) is 5.08. The first-order chi connectivity index (χ1) is 15.7. The molecule has 0 aliphatic rings. The molecule has 2 aromatic carbocycles. The van der Waals surface area contributed by atoms with Crippen molar-refractivity contribution in [2.75, 3.05) is 0 Å². The van der Waals surface area contributed by atoms with Crippen LogP contribution in [0.25, 0.3) is 22.4 Å². The Morgan fingerprint density at radius 3 is 2.36 bits per heavy atom. The number of benzene rings is 2. The highest BCUT2D eigenvalue weighted by molar-refractivity contribution is 6.06. The lowest BCUT2D eigenvalue weighted by Crippen LogP contribution is -2.45. The fourth-order valence-corrected chi connectivity index (χ4v) is 3.39. The van der Waals surface area contributed by atoms with Gasteiger partial charge in [0, 0.05) is 24.4 Å². The quantitative estimate of drug-likeness (QED) is 0.415. The fraction of sp³-hybridized carbons (Fsp3) is 0.130. The standard InChI is InChI=1S/C23H18F3N5O2/c24-23(25,26)15-6-4-13(5-7-15)12-18(20(27)32)30-22(33)16-2-1-3-17-19(16)31-21(29-17)14-8-10-28-11-9-14/h1-11,18H,12H2,(H2,27,32)(H,29,31)(H,30,33). The monoisotopic (exact) mass is 453 g/mol. The van der Waals surface area contributed by atoms with E-state index in [9.17, 15) is 22.8 Å². The Bertz CT molecular complexity index is 1300. The third-order valence-corrected chi connectivity index (χ3v) is 5.08. The number of amides is 2.